The summed E-state index contributed by atoms with van der Waals surface area (Å²) in [7, 11) is 3.96. The minimum atomic E-state index is -0.915. The quantitative estimate of drug-likeness (QED) is 0.810. The lowest BCUT2D eigenvalue weighted by Crippen LogP contribution is -2.31. The molecule has 0 saturated carbocycles. The largest absolute Gasteiger partial charge is 0.481 e. The third-order valence-electron chi connectivity index (χ3n) is 2.71. The molecule has 0 aromatic heterocycles. The summed E-state index contributed by atoms with van der Waals surface area (Å²) in [5.74, 6) is -1.75. The van der Waals surface area contributed by atoms with Crippen LogP contribution in [0.4, 0.5) is 0 Å². The number of carboxylic acid groups (broad SMARTS) is 1. The first-order valence-electron chi connectivity index (χ1n) is 6.15. The summed E-state index contributed by atoms with van der Waals surface area (Å²) in [6.45, 7) is 2.51. The van der Waals surface area contributed by atoms with Gasteiger partial charge in [-0.05, 0) is 31.8 Å². The number of nitrogens with zero attached hydrogens (tertiary/aromatic N) is 1. The van der Waals surface area contributed by atoms with Crippen molar-refractivity contribution >= 4 is 11.9 Å². The molecule has 0 heterocycles. The molecular formula is C14H20N2O3. The first-order valence-corrected chi connectivity index (χ1v) is 6.15. The van der Waals surface area contributed by atoms with E-state index < -0.39 is 11.9 Å². The molecular weight excluding hydrogens is 244 g/mol. The summed E-state index contributed by atoms with van der Waals surface area (Å²) < 4.78 is 0. The second kappa shape index (κ2) is 6.89. The molecule has 0 bridgehead atoms. The van der Waals surface area contributed by atoms with E-state index in [0.29, 0.717) is 5.56 Å². The second-order valence-corrected chi connectivity index (χ2v) is 4.88. The van der Waals surface area contributed by atoms with Gasteiger partial charge < -0.3 is 15.3 Å². The summed E-state index contributed by atoms with van der Waals surface area (Å²) in [5.41, 5.74) is 1.67. The van der Waals surface area contributed by atoms with E-state index >= 15 is 0 Å². The molecule has 5 heteroatoms. The first-order chi connectivity index (χ1) is 8.90. The molecule has 0 aliphatic heterocycles. The minimum absolute atomic E-state index is 0.133. The monoisotopic (exact) mass is 264 g/mol. The fraction of sp³-hybridized carbons (Fsp3) is 0.429. The number of amides is 1. The Morgan fingerprint density at radius 3 is 2.32 bits per heavy atom. The Morgan fingerprint density at radius 2 is 1.84 bits per heavy atom. The molecule has 1 aromatic rings. The maximum absolute atomic E-state index is 11.8. The zero-order chi connectivity index (χ0) is 14.4. The number of carboxylic acids is 1. The summed E-state index contributed by atoms with van der Waals surface area (Å²) in [6, 6.07) is 7.30. The predicted molar refractivity (Wildman–Crippen MR) is 73.0 cm³/mol. The van der Waals surface area contributed by atoms with E-state index in [1.165, 1.54) is 0 Å². The van der Waals surface area contributed by atoms with Crippen LogP contribution in [-0.2, 0) is 11.3 Å². The third kappa shape index (κ3) is 5.09. The Labute approximate surface area is 113 Å². The van der Waals surface area contributed by atoms with Gasteiger partial charge in [0.25, 0.3) is 5.91 Å². The van der Waals surface area contributed by atoms with Crippen LogP contribution >= 0.6 is 0 Å². The van der Waals surface area contributed by atoms with Gasteiger partial charge in [0.15, 0.2) is 0 Å². The number of carbonyl (C=O) groups excluding carboxylic acids is 1. The van der Waals surface area contributed by atoms with Crippen LogP contribution in [0, 0.1) is 5.92 Å². The van der Waals surface area contributed by atoms with Gasteiger partial charge in [-0.15, -0.1) is 0 Å². The van der Waals surface area contributed by atoms with Gasteiger partial charge >= 0.3 is 5.97 Å². The molecule has 19 heavy (non-hydrogen) atoms. The van der Waals surface area contributed by atoms with E-state index in [2.05, 4.69) is 5.32 Å². The van der Waals surface area contributed by atoms with Gasteiger partial charge in [-0.3, -0.25) is 9.59 Å². The fourth-order valence-corrected chi connectivity index (χ4v) is 1.56. The third-order valence-corrected chi connectivity index (χ3v) is 2.71. The van der Waals surface area contributed by atoms with Crippen molar-refractivity contribution in [3.63, 3.8) is 0 Å². The lowest BCUT2D eigenvalue weighted by atomic mass is 10.1. The molecule has 1 amide bonds. The Hall–Kier alpha value is -1.88. The number of benzene rings is 1. The normalized spacial score (nSPS) is 12.2. The zero-order valence-electron chi connectivity index (χ0n) is 11.5. The first kappa shape index (κ1) is 15.2. The molecule has 0 radical (unpaired) electrons. The number of rotatable bonds is 6. The van der Waals surface area contributed by atoms with Crippen molar-refractivity contribution in [1.82, 2.24) is 10.2 Å². The summed E-state index contributed by atoms with van der Waals surface area (Å²) in [4.78, 5) is 24.5. The van der Waals surface area contributed by atoms with Crippen LogP contribution in [0.2, 0.25) is 0 Å². The van der Waals surface area contributed by atoms with Gasteiger partial charge in [-0.2, -0.15) is 0 Å². The fourth-order valence-electron chi connectivity index (χ4n) is 1.56. The van der Waals surface area contributed by atoms with Crippen molar-refractivity contribution < 1.29 is 14.7 Å². The summed E-state index contributed by atoms with van der Waals surface area (Å²) in [5, 5.41) is 11.3. The summed E-state index contributed by atoms with van der Waals surface area (Å²) in [6.07, 6.45) is 0. The van der Waals surface area contributed by atoms with E-state index in [9.17, 15) is 9.59 Å². The highest BCUT2D eigenvalue weighted by molar-refractivity contribution is 5.94. The lowest BCUT2D eigenvalue weighted by molar-refractivity contribution is -0.140. The van der Waals surface area contributed by atoms with Crippen LogP contribution < -0.4 is 5.32 Å². The topological polar surface area (TPSA) is 69.6 Å². The van der Waals surface area contributed by atoms with E-state index in [1.807, 2.05) is 31.1 Å². The Kier molecular flexibility index (Phi) is 5.51. The number of hydrogen-bond donors (Lipinski definition) is 2. The van der Waals surface area contributed by atoms with Crippen LogP contribution in [0.5, 0.6) is 0 Å². The molecule has 0 spiro atoms. The Morgan fingerprint density at radius 1 is 1.26 bits per heavy atom. The molecule has 0 saturated heterocycles. The van der Waals surface area contributed by atoms with Crippen molar-refractivity contribution in [2.24, 2.45) is 5.92 Å². The standard InChI is InChI=1S/C14H20N2O3/c1-10(14(18)19)8-15-13(17)12-6-4-11(5-7-12)9-16(2)3/h4-7,10H,8-9H2,1-3H3,(H,15,17)(H,18,19). The Balaban J connectivity index is 2.55. The van der Waals surface area contributed by atoms with Gasteiger partial charge in [-0.1, -0.05) is 19.1 Å². The highest BCUT2D eigenvalue weighted by Crippen LogP contribution is 2.06. The number of carbonyl (C=O) groups is 2. The smallest absolute Gasteiger partial charge is 0.308 e. The SMILES string of the molecule is CC(CNC(=O)c1ccc(CN(C)C)cc1)C(=O)O. The van der Waals surface area contributed by atoms with E-state index in [1.54, 1.807) is 19.1 Å². The van der Waals surface area contributed by atoms with Gasteiger partial charge in [0.2, 0.25) is 0 Å². The van der Waals surface area contributed by atoms with Gasteiger partial charge in [-0.25, -0.2) is 0 Å². The average molecular weight is 264 g/mol. The maximum Gasteiger partial charge on any atom is 0.308 e. The molecule has 104 valence electrons. The van der Waals surface area contributed by atoms with Gasteiger partial charge in [0.1, 0.15) is 0 Å². The van der Waals surface area contributed by atoms with Crippen molar-refractivity contribution in [1.29, 1.82) is 0 Å². The van der Waals surface area contributed by atoms with E-state index in [4.69, 9.17) is 5.11 Å². The summed E-state index contributed by atoms with van der Waals surface area (Å²) >= 11 is 0. The lowest BCUT2D eigenvalue weighted by Gasteiger charge is -2.11. The molecule has 5 nitrogen and oxygen atoms in total. The van der Waals surface area contributed by atoms with Crippen molar-refractivity contribution in [3.05, 3.63) is 35.4 Å². The highest BCUT2D eigenvalue weighted by atomic mass is 16.4. The molecule has 2 N–H and O–H groups in total. The molecule has 1 atom stereocenters. The Bertz CT molecular complexity index is 441. The molecule has 1 rings (SSSR count). The maximum atomic E-state index is 11.8. The van der Waals surface area contributed by atoms with Gasteiger partial charge in [0, 0.05) is 18.7 Å². The van der Waals surface area contributed by atoms with Crippen molar-refractivity contribution in [2.45, 2.75) is 13.5 Å². The van der Waals surface area contributed by atoms with Crippen LogP contribution in [0.25, 0.3) is 0 Å². The average Bonchev–Trinajstić information content (AvgIpc) is 2.35. The van der Waals surface area contributed by atoms with Crippen LogP contribution in [0.15, 0.2) is 24.3 Å². The molecule has 0 aliphatic carbocycles. The van der Waals surface area contributed by atoms with Crippen LogP contribution in [-0.4, -0.2) is 42.5 Å². The molecule has 0 fully saturated rings. The van der Waals surface area contributed by atoms with Crippen LogP contribution in [0.1, 0.15) is 22.8 Å². The van der Waals surface area contributed by atoms with Crippen LogP contribution in [0.3, 0.4) is 0 Å². The number of nitrogens with one attached hydrogen (secondary N) is 1. The molecule has 1 unspecified atom stereocenters. The molecule has 0 aliphatic rings. The zero-order valence-corrected chi connectivity index (χ0v) is 11.5. The van der Waals surface area contributed by atoms with E-state index in [-0.39, 0.29) is 12.5 Å². The molecule has 1 aromatic carbocycles. The highest BCUT2D eigenvalue weighted by Gasteiger charge is 2.13. The van der Waals surface area contributed by atoms with Gasteiger partial charge in [0.05, 0.1) is 5.92 Å². The minimum Gasteiger partial charge on any atom is -0.481 e. The predicted octanol–water partition coefficient (Wildman–Crippen LogP) is 1.20. The van der Waals surface area contributed by atoms with E-state index in [0.717, 1.165) is 12.1 Å². The number of hydrogen-bond acceptors (Lipinski definition) is 3. The van der Waals surface area contributed by atoms with Crippen molar-refractivity contribution in [2.75, 3.05) is 20.6 Å². The number of aliphatic carboxylic acids is 1. The van der Waals surface area contributed by atoms with Crippen molar-refractivity contribution in [3.8, 4) is 0 Å². The second-order valence-electron chi connectivity index (χ2n) is 4.88.